The van der Waals surface area contributed by atoms with Crippen LogP contribution in [0.1, 0.15) is 37.7 Å². The topological polar surface area (TPSA) is 21.3 Å². The van der Waals surface area contributed by atoms with Gasteiger partial charge in [0.15, 0.2) is 0 Å². The fraction of sp³-hybridized carbons (Fsp3) is 0.667. The molecule has 3 heteroatoms. The first-order valence-corrected chi connectivity index (χ1v) is 9.10. The summed E-state index contributed by atoms with van der Waals surface area (Å²) in [6.45, 7) is 0.663. The van der Waals surface area contributed by atoms with Crippen LogP contribution in [0.15, 0.2) is 22.7 Å². The number of ether oxygens (including phenoxy) is 1. The van der Waals surface area contributed by atoms with Gasteiger partial charge in [-0.3, -0.25) is 0 Å². The molecule has 3 saturated carbocycles. The number of hydrogen-bond acceptors (Lipinski definition) is 2. The van der Waals surface area contributed by atoms with Crippen LogP contribution in [-0.2, 0) is 11.3 Å². The zero-order chi connectivity index (χ0) is 14.4. The maximum Gasteiger partial charge on any atom is 0.0744 e. The lowest BCUT2D eigenvalue weighted by Crippen LogP contribution is -2.34. The van der Waals surface area contributed by atoms with Gasteiger partial charge in [0.25, 0.3) is 0 Å². The van der Waals surface area contributed by atoms with E-state index in [2.05, 4.69) is 39.4 Å². The molecule has 5 unspecified atom stereocenters. The molecule has 2 nitrogen and oxygen atoms in total. The first-order chi connectivity index (χ1) is 10.3. The zero-order valence-electron chi connectivity index (χ0n) is 12.6. The molecule has 0 aliphatic heterocycles. The minimum absolute atomic E-state index is 0.663. The van der Waals surface area contributed by atoms with E-state index in [4.69, 9.17) is 4.74 Å². The smallest absolute Gasteiger partial charge is 0.0744 e. The van der Waals surface area contributed by atoms with Crippen LogP contribution in [0.2, 0.25) is 0 Å². The van der Waals surface area contributed by atoms with Crippen LogP contribution in [0, 0.1) is 23.7 Å². The molecule has 1 aromatic carbocycles. The van der Waals surface area contributed by atoms with E-state index in [0.29, 0.717) is 12.6 Å². The standard InChI is InChI=1S/C18H24BrNO/c1-21-10-15-16(19)6-3-7-17(15)20-18-9-11-8-14(18)13-5-2-4-12(11)13/h3,6-7,11-14,18,20H,2,4-5,8-10H2,1H3. The first-order valence-electron chi connectivity index (χ1n) is 8.30. The summed E-state index contributed by atoms with van der Waals surface area (Å²) in [7, 11) is 1.77. The Labute approximate surface area is 135 Å². The van der Waals surface area contributed by atoms with Gasteiger partial charge in [0, 0.05) is 28.9 Å². The van der Waals surface area contributed by atoms with Gasteiger partial charge in [-0.2, -0.15) is 0 Å². The summed E-state index contributed by atoms with van der Waals surface area (Å²) in [5.41, 5.74) is 2.52. The van der Waals surface area contributed by atoms with Crippen LogP contribution in [0.4, 0.5) is 5.69 Å². The monoisotopic (exact) mass is 349 g/mol. The number of nitrogens with one attached hydrogen (secondary N) is 1. The van der Waals surface area contributed by atoms with Gasteiger partial charge in [-0.1, -0.05) is 28.4 Å². The van der Waals surface area contributed by atoms with Crippen molar-refractivity contribution in [2.75, 3.05) is 12.4 Å². The molecule has 5 atom stereocenters. The molecule has 1 N–H and O–H groups in total. The van der Waals surface area contributed by atoms with Gasteiger partial charge in [-0.25, -0.2) is 0 Å². The summed E-state index contributed by atoms with van der Waals surface area (Å²) >= 11 is 3.66. The number of fused-ring (bicyclic) bond motifs is 5. The predicted molar refractivity (Wildman–Crippen MR) is 89.3 cm³/mol. The molecule has 0 heterocycles. The van der Waals surface area contributed by atoms with E-state index >= 15 is 0 Å². The number of benzene rings is 1. The van der Waals surface area contributed by atoms with Crippen LogP contribution < -0.4 is 5.32 Å². The Morgan fingerprint density at radius 1 is 1.19 bits per heavy atom. The zero-order valence-corrected chi connectivity index (χ0v) is 14.2. The largest absolute Gasteiger partial charge is 0.382 e. The quantitative estimate of drug-likeness (QED) is 0.840. The van der Waals surface area contributed by atoms with Crippen molar-refractivity contribution in [2.45, 2.75) is 44.8 Å². The summed E-state index contributed by atoms with van der Waals surface area (Å²) in [5.74, 6) is 3.99. The first kappa shape index (κ1) is 14.1. The summed E-state index contributed by atoms with van der Waals surface area (Å²) in [5, 5.41) is 3.87. The molecular formula is C18H24BrNO. The van der Waals surface area contributed by atoms with Gasteiger partial charge in [0.05, 0.1) is 6.61 Å². The van der Waals surface area contributed by atoms with Crippen molar-refractivity contribution in [1.29, 1.82) is 0 Å². The van der Waals surface area contributed by atoms with Crippen molar-refractivity contribution in [3.05, 3.63) is 28.2 Å². The Balaban J connectivity index is 1.54. The molecule has 0 saturated heterocycles. The van der Waals surface area contributed by atoms with Crippen LogP contribution in [0.25, 0.3) is 0 Å². The van der Waals surface area contributed by atoms with Crippen molar-refractivity contribution in [1.82, 2.24) is 0 Å². The fourth-order valence-electron chi connectivity index (χ4n) is 5.42. The number of hydrogen-bond donors (Lipinski definition) is 1. The second-order valence-electron chi connectivity index (χ2n) is 7.10. The molecule has 3 aliphatic carbocycles. The second-order valence-corrected chi connectivity index (χ2v) is 7.96. The molecule has 114 valence electrons. The van der Waals surface area contributed by atoms with Crippen LogP contribution in [0.5, 0.6) is 0 Å². The van der Waals surface area contributed by atoms with Crippen molar-refractivity contribution < 1.29 is 4.74 Å². The predicted octanol–water partition coefficient (Wildman–Crippen LogP) is 4.83. The van der Waals surface area contributed by atoms with Crippen LogP contribution >= 0.6 is 15.9 Å². The van der Waals surface area contributed by atoms with E-state index in [1.165, 1.54) is 43.4 Å². The Hall–Kier alpha value is -0.540. The van der Waals surface area contributed by atoms with Gasteiger partial charge in [-0.15, -0.1) is 0 Å². The average molecular weight is 350 g/mol. The van der Waals surface area contributed by atoms with Crippen LogP contribution in [-0.4, -0.2) is 13.2 Å². The lowest BCUT2D eigenvalue weighted by Gasteiger charge is -2.33. The SMILES string of the molecule is COCc1c(Br)cccc1NC1CC2CC1C1CCCC21. The minimum Gasteiger partial charge on any atom is -0.382 e. The molecule has 1 aromatic rings. The minimum atomic E-state index is 0.663. The summed E-state index contributed by atoms with van der Waals surface area (Å²) in [6, 6.07) is 7.11. The van der Waals surface area contributed by atoms with Gasteiger partial charge >= 0.3 is 0 Å². The Morgan fingerprint density at radius 2 is 2.05 bits per heavy atom. The number of anilines is 1. The molecule has 0 radical (unpaired) electrons. The van der Waals surface area contributed by atoms with E-state index in [0.717, 1.165) is 28.1 Å². The number of halogens is 1. The van der Waals surface area contributed by atoms with E-state index in [9.17, 15) is 0 Å². The molecule has 3 aliphatic rings. The molecule has 0 aromatic heterocycles. The Bertz CT molecular complexity index is 532. The third-order valence-electron chi connectivity index (χ3n) is 6.18. The molecule has 4 rings (SSSR count). The Morgan fingerprint density at radius 3 is 2.90 bits per heavy atom. The van der Waals surface area contributed by atoms with Crippen molar-refractivity contribution in [2.24, 2.45) is 23.7 Å². The highest BCUT2D eigenvalue weighted by atomic mass is 79.9. The van der Waals surface area contributed by atoms with Crippen molar-refractivity contribution >= 4 is 21.6 Å². The van der Waals surface area contributed by atoms with Crippen molar-refractivity contribution in [3.63, 3.8) is 0 Å². The van der Waals surface area contributed by atoms with Gasteiger partial charge in [-0.05, 0) is 61.5 Å². The lowest BCUT2D eigenvalue weighted by molar-refractivity contribution is 0.184. The molecule has 0 spiro atoms. The average Bonchev–Trinajstić information content (AvgIpc) is 3.14. The maximum atomic E-state index is 5.38. The second kappa shape index (κ2) is 5.58. The third-order valence-corrected chi connectivity index (χ3v) is 6.92. The third kappa shape index (κ3) is 2.33. The fourth-order valence-corrected chi connectivity index (χ4v) is 5.90. The highest BCUT2D eigenvalue weighted by Crippen LogP contribution is 2.59. The lowest BCUT2D eigenvalue weighted by atomic mass is 9.79. The summed E-state index contributed by atoms with van der Waals surface area (Å²) in [6.07, 6.45) is 7.31. The molecule has 21 heavy (non-hydrogen) atoms. The summed E-state index contributed by atoms with van der Waals surface area (Å²) < 4.78 is 6.52. The van der Waals surface area contributed by atoms with Crippen molar-refractivity contribution in [3.8, 4) is 0 Å². The highest BCUT2D eigenvalue weighted by Gasteiger charge is 2.53. The van der Waals surface area contributed by atoms with Gasteiger partial charge in [0.2, 0.25) is 0 Å². The maximum absolute atomic E-state index is 5.38. The molecular weight excluding hydrogens is 326 g/mol. The Kier molecular flexibility index (Phi) is 3.74. The molecule has 3 fully saturated rings. The number of methoxy groups -OCH3 is 1. The van der Waals surface area contributed by atoms with Gasteiger partial charge in [0.1, 0.15) is 0 Å². The number of rotatable bonds is 4. The summed E-state index contributed by atoms with van der Waals surface area (Å²) in [4.78, 5) is 0. The van der Waals surface area contributed by atoms with Gasteiger partial charge < -0.3 is 10.1 Å². The highest BCUT2D eigenvalue weighted by molar-refractivity contribution is 9.10. The molecule has 0 amide bonds. The van der Waals surface area contributed by atoms with Crippen LogP contribution in [0.3, 0.4) is 0 Å². The van der Waals surface area contributed by atoms with E-state index in [1.807, 2.05) is 0 Å². The normalized spacial score (nSPS) is 37.0. The van der Waals surface area contributed by atoms with E-state index in [-0.39, 0.29) is 0 Å². The van der Waals surface area contributed by atoms with E-state index in [1.54, 1.807) is 7.11 Å². The molecule has 2 bridgehead atoms. The van der Waals surface area contributed by atoms with E-state index < -0.39 is 0 Å².